The van der Waals surface area contributed by atoms with E-state index in [1.54, 1.807) is 25.1 Å². The fourth-order valence-electron chi connectivity index (χ4n) is 2.12. The summed E-state index contributed by atoms with van der Waals surface area (Å²) in [5.74, 6) is -0.792. The van der Waals surface area contributed by atoms with Gasteiger partial charge >= 0.3 is 5.97 Å². The highest BCUT2D eigenvalue weighted by atomic mass is 35.5. The van der Waals surface area contributed by atoms with Gasteiger partial charge < -0.3 is 15.4 Å². The molecule has 0 saturated carbocycles. The summed E-state index contributed by atoms with van der Waals surface area (Å²) in [6, 6.07) is 4.01. The van der Waals surface area contributed by atoms with Crippen molar-refractivity contribution in [1.82, 2.24) is 5.32 Å². The van der Waals surface area contributed by atoms with Crippen LogP contribution in [0.2, 0.25) is 10.0 Å². The second-order valence-corrected chi connectivity index (χ2v) is 7.15. The third-order valence-electron chi connectivity index (χ3n) is 3.16. The molecule has 1 heterocycles. The summed E-state index contributed by atoms with van der Waals surface area (Å²) in [6.07, 6.45) is -0.0177. The Morgan fingerprint density at radius 1 is 1.33 bits per heavy atom. The van der Waals surface area contributed by atoms with Gasteiger partial charge in [-0.15, -0.1) is 11.8 Å². The monoisotopic (exact) mass is 390 g/mol. The normalized spacial score (nSPS) is 20.2. The van der Waals surface area contributed by atoms with E-state index in [1.165, 1.54) is 11.8 Å². The highest BCUT2D eigenvalue weighted by Crippen LogP contribution is 2.25. The van der Waals surface area contributed by atoms with E-state index in [0.717, 1.165) is 0 Å². The fourth-order valence-corrected chi connectivity index (χ4v) is 3.78. The van der Waals surface area contributed by atoms with E-state index in [-0.39, 0.29) is 24.8 Å². The zero-order valence-electron chi connectivity index (χ0n) is 12.8. The van der Waals surface area contributed by atoms with E-state index < -0.39 is 17.3 Å². The molecule has 0 bridgehead atoms. The average Bonchev–Trinajstić information content (AvgIpc) is 2.48. The number of carbonyl (C=O) groups is 3. The molecule has 2 atom stereocenters. The van der Waals surface area contributed by atoms with Crippen molar-refractivity contribution in [3.63, 3.8) is 0 Å². The highest BCUT2D eigenvalue weighted by molar-refractivity contribution is 8.00. The summed E-state index contributed by atoms with van der Waals surface area (Å²) in [7, 11) is 0. The van der Waals surface area contributed by atoms with Crippen molar-refractivity contribution < 1.29 is 19.1 Å². The first-order valence-corrected chi connectivity index (χ1v) is 9.04. The molecule has 0 radical (unpaired) electrons. The standard InChI is InChI=1S/C15H16Cl2N2O4S/c1-2-23-15(22)11-7-24-12(14(21)19-11)6-13(20)18-10-4-8(16)3-9(17)5-10/h3-5,11-12H,2,6-7H2,1H3,(H,18,20)(H,19,21)/t11-,12+/m1/s1. The second-order valence-electron chi connectivity index (χ2n) is 5.05. The topological polar surface area (TPSA) is 84.5 Å². The lowest BCUT2D eigenvalue weighted by Gasteiger charge is -2.27. The van der Waals surface area contributed by atoms with E-state index in [0.29, 0.717) is 21.5 Å². The molecule has 1 saturated heterocycles. The summed E-state index contributed by atoms with van der Waals surface area (Å²) in [5.41, 5.74) is 0.461. The molecule has 2 amide bonds. The number of halogens is 2. The van der Waals surface area contributed by atoms with Crippen LogP contribution in [0.1, 0.15) is 13.3 Å². The number of nitrogens with one attached hydrogen (secondary N) is 2. The molecule has 6 nitrogen and oxygen atoms in total. The van der Waals surface area contributed by atoms with Crippen molar-refractivity contribution in [3.8, 4) is 0 Å². The zero-order chi connectivity index (χ0) is 17.7. The molecular weight excluding hydrogens is 375 g/mol. The van der Waals surface area contributed by atoms with Crippen LogP contribution in [0, 0.1) is 0 Å². The molecule has 1 fully saturated rings. The lowest BCUT2D eigenvalue weighted by Crippen LogP contribution is -2.51. The van der Waals surface area contributed by atoms with Crippen LogP contribution < -0.4 is 10.6 Å². The Hall–Kier alpha value is -1.44. The summed E-state index contributed by atoms with van der Waals surface area (Å²) >= 11 is 13.0. The lowest BCUT2D eigenvalue weighted by molar-refractivity contribution is -0.146. The Balaban J connectivity index is 1.88. The molecule has 1 aromatic rings. The first kappa shape index (κ1) is 18.9. The molecule has 1 aliphatic rings. The maximum Gasteiger partial charge on any atom is 0.329 e. The number of anilines is 1. The van der Waals surface area contributed by atoms with Crippen molar-refractivity contribution in [2.24, 2.45) is 0 Å². The number of hydrogen-bond acceptors (Lipinski definition) is 5. The molecular formula is C15H16Cl2N2O4S. The van der Waals surface area contributed by atoms with Gasteiger partial charge in [0.25, 0.3) is 0 Å². The average molecular weight is 391 g/mol. The molecule has 1 aromatic carbocycles. The quantitative estimate of drug-likeness (QED) is 0.754. The Labute approximate surface area is 153 Å². The van der Waals surface area contributed by atoms with Crippen molar-refractivity contribution in [2.45, 2.75) is 24.6 Å². The van der Waals surface area contributed by atoms with Crippen LogP contribution in [-0.4, -0.2) is 41.4 Å². The van der Waals surface area contributed by atoms with Crippen molar-refractivity contribution in [2.75, 3.05) is 17.7 Å². The molecule has 0 spiro atoms. The second kappa shape index (κ2) is 8.60. The number of ether oxygens (including phenoxy) is 1. The van der Waals surface area contributed by atoms with E-state index in [1.807, 2.05) is 0 Å². The predicted molar refractivity (Wildman–Crippen MR) is 94.5 cm³/mol. The van der Waals surface area contributed by atoms with Crippen LogP contribution in [-0.2, 0) is 19.1 Å². The van der Waals surface area contributed by atoms with Crippen molar-refractivity contribution in [1.29, 1.82) is 0 Å². The first-order valence-electron chi connectivity index (χ1n) is 7.23. The molecule has 1 aliphatic heterocycles. The van der Waals surface area contributed by atoms with Crippen LogP contribution >= 0.6 is 35.0 Å². The van der Waals surface area contributed by atoms with Gasteiger partial charge in [-0.25, -0.2) is 4.79 Å². The molecule has 9 heteroatoms. The molecule has 0 aromatic heterocycles. The number of esters is 1. The maximum atomic E-state index is 12.1. The number of benzene rings is 1. The van der Waals surface area contributed by atoms with Crippen LogP contribution in [0.25, 0.3) is 0 Å². The smallest absolute Gasteiger partial charge is 0.329 e. The minimum atomic E-state index is -0.673. The van der Waals surface area contributed by atoms with Gasteiger partial charge in [-0.1, -0.05) is 23.2 Å². The van der Waals surface area contributed by atoms with E-state index in [4.69, 9.17) is 27.9 Å². The van der Waals surface area contributed by atoms with Gasteiger partial charge in [0.1, 0.15) is 6.04 Å². The molecule has 0 aliphatic carbocycles. The van der Waals surface area contributed by atoms with Gasteiger partial charge in [-0.3, -0.25) is 9.59 Å². The number of hydrogen-bond donors (Lipinski definition) is 2. The van der Waals surface area contributed by atoms with Crippen molar-refractivity contribution in [3.05, 3.63) is 28.2 Å². The first-order chi connectivity index (χ1) is 11.4. The van der Waals surface area contributed by atoms with Crippen LogP contribution in [0.5, 0.6) is 0 Å². The molecule has 130 valence electrons. The summed E-state index contributed by atoms with van der Waals surface area (Å²) in [5, 5.41) is 5.48. The van der Waals surface area contributed by atoms with Gasteiger partial charge in [0.15, 0.2) is 0 Å². The van der Waals surface area contributed by atoms with E-state index >= 15 is 0 Å². The summed E-state index contributed by atoms with van der Waals surface area (Å²) < 4.78 is 4.88. The van der Waals surface area contributed by atoms with Crippen molar-refractivity contribution >= 4 is 58.4 Å². The summed E-state index contributed by atoms with van der Waals surface area (Å²) in [4.78, 5) is 35.8. The minimum Gasteiger partial charge on any atom is -0.464 e. The molecule has 2 rings (SSSR count). The third kappa shape index (κ3) is 5.29. The Kier molecular flexibility index (Phi) is 6.77. The number of thioether (sulfide) groups is 1. The number of carbonyl (C=O) groups excluding carboxylic acids is 3. The van der Waals surface area contributed by atoms with E-state index in [2.05, 4.69) is 10.6 Å². The van der Waals surface area contributed by atoms with Gasteiger partial charge in [-0.2, -0.15) is 0 Å². The number of rotatable bonds is 5. The Morgan fingerprint density at radius 2 is 2.00 bits per heavy atom. The molecule has 24 heavy (non-hydrogen) atoms. The van der Waals surface area contributed by atoms with Gasteiger partial charge in [0, 0.05) is 27.9 Å². The van der Waals surface area contributed by atoms with Crippen LogP contribution in [0.15, 0.2) is 18.2 Å². The van der Waals surface area contributed by atoms with Crippen LogP contribution in [0.4, 0.5) is 5.69 Å². The third-order valence-corrected chi connectivity index (χ3v) is 4.91. The predicted octanol–water partition coefficient (Wildman–Crippen LogP) is 2.49. The SMILES string of the molecule is CCOC(=O)[C@H]1CS[C@@H](CC(=O)Nc2cc(Cl)cc(Cl)c2)C(=O)N1. The molecule has 2 N–H and O–H groups in total. The highest BCUT2D eigenvalue weighted by Gasteiger charge is 2.34. The largest absolute Gasteiger partial charge is 0.464 e. The fraction of sp³-hybridized carbons (Fsp3) is 0.400. The molecule has 0 unspecified atom stereocenters. The Morgan fingerprint density at radius 3 is 2.58 bits per heavy atom. The van der Waals surface area contributed by atoms with Gasteiger partial charge in [0.2, 0.25) is 11.8 Å². The summed E-state index contributed by atoms with van der Waals surface area (Å²) in [6.45, 7) is 1.95. The van der Waals surface area contributed by atoms with E-state index in [9.17, 15) is 14.4 Å². The van der Waals surface area contributed by atoms with Gasteiger partial charge in [0.05, 0.1) is 11.9 Å². The van der Waals surface area contributed by atoms with Crippen LogP contribution in [0.3, 0.4) is 0 Å². The maximum absolute atomic E-state index is 12.1. The van der Waals surface area contributed by atoms with Gasteiger partial charge in [-0.05, 0) is 25.1 Å². The Bertz CT molecular complexity index is 636. The number of amides is 2. The minimum absolute atomic E-state index is 0.0177. The zero-order valence-corrected chi connectivity index (χ0v) is 15.1. The lowest BCUT2D eigenvalue weighted by atomic mass is 10.2.